The molecule has 1 fully saturated rings. The number of carbonyl (C=O) groups excluding carboxylic acids is 1. The average Bonchev–Trinajstić information content (AvgIpc) is 1.93. The van der Waals surface area contributed by atoms with Crippen LogP contribution >= 0.6 is 0 Å². The Morgan fingerprint density at radius 1 is 1.27 bits per heavy atom. The third-order valence-electron chi connectivity index (χ3n) is 1.72. The fourth-order valence-electron chi connectivity index (χ4n) is 1.06. The molecule has 4 heteroatoms. The normalized spacial score (nSPS) is 21.6. The largest absolute Gasteiger partial charge is 0.368 e. The molecule has 0 bridgehead atoms. The maximum absolute atomic E-state index is 10.5. The zero-order chi connectivity index (χ0) is 8.27. The second-order valence-electron chi connectivity index (χ2n) is 2.82. The van der Waals surface area contributed by atoms with Gasteiger partial charge in [-0.2, -0.15) is 0 Å². The molecule has 0 spiro atoms. The fraction of sp³-hybridized carbons (Fsp3) is 0.857. The number of piperazine rings is 1. The molecule has 4 nitrogen and oxygen atoms in total. The average molecular weight is 158 g/mol. The van der Waals surface area contributed by atoms with Gasteiger partial charge in [0.05, 0.1) is 0 Å². The Labute approximate surface area is 66.7 Å². The molecule has 11 heavy (non-hydrogen) atoms. The van der Waals surface area contributed by atoms with Crippen LogP contribution in [-0.2, 0) is 9.63 Å². The first-order valence-electron chi connectivity index (χ1n) is 3.80. The summed E-state index contributed by atoms with van der Waals surface area (Å²) >= 11 is 0. The van der Waals surface area contributed by atoms with E-state index in [1.165, 1.54) is 6.92 Å². The second-order valence-corrected chi connectivity index (χ2v) is 2.82. The minimum atomic E-state index is -0.227. The summed E-state index contributed by atoms with van der Waals surface area (Å²) in [6.45, 7) is 4.99. The summed E-state index contributed by atoms with van der Waals surface area (Å²) in [5, 5.41) is 1.71. The van der Waals surface area contributed by atoms with Crippen molar-refractivity contribution in [2.45, 2.75) is 6.92 Å². The summed E-state index contributed by atoms with van der Waals surface area (Å²) in [6, 6.07) is 0. The number of hydroxylamine groups is 2. The van der Waals surface area contributed by atoms with Gasteiger partial charge >= 0.3 is 5.97 Å². The summed E-state index contributed by atoms with van der Waals surface area (Å²) in [5.41, 5.74) is 0. The molecule has 0 N–H and O–H groups in total. The summed E-state index contributed by atoms with van der Waals surface area (Å²) < 4.78 is 0. The van der Waals surface area contributed by atoms with Gasteiger partial charge in [0.2, 0.25) is 0 Å². The maximum Gasteiger partial charge on any atom is 0.322 e. The van der Waals surface area contributed by atoms with Gasteiger partial charge in [-0.05, 0) is 7.05 Å². The van der Waals surface area contributed by atoms with Crippen molar-refractivity contribution >= 4 is 5.97 Å². The lowest BCUT2D eigenvalue weighted by Gasteiger charge is -2.30. The smallest absolute Gasteiger partial charge is 0.322 e. The molecule has 0 aromatic heterocycles. The van der Waals surface area contributed by atoms with E-state index in [2.05, 4.69) is 11.9 Å². The quantitative estimate of drug-likeness (QED) is 0.525. The molecule has 1 aliphatic heterocycles. The molecule has 0 unspecified atom stereocenters. The number of hydrogen-bond acceptors (Lipinski definition) is 4. The van der Waals surface area contributed by atoms with Gasteiger partial charge in [-0.3, -0.25) is 4.79 Å². The van der Waals surface area contributed by atoms with Crippen LogP contribution in [0.15, 0.2) is 0 Å². The van der Waals surface area contributed by atoms with Crippen molar-refractivity contribution < 1.29 is 9.63 Å². The van der Waals surface area contributed by atoms with Gasteiger partial charge in [0.25, 0.3) is 0 Å². The molecule has 0 aromatic rings. The Kier molecular flexibility index (Phi) is 2.84. The second kappa shape index (κ2) is 3.69. The van der Waals surface area contributed by atoms with Gasteiger partial charge in [0.1, 0.15) is 0 Å². The topological polar surface area (TPSA) is 32.8 Å². The predicted molar refractivity (Wildman–Crippen MR) is 40.8 cm³/mol. The minimum absolute atomic E-state index is 0.227. The first kappa shape index (κ1) is 8.49. The Morgan fingerprint density at radius 3 is 2.27 bits per heavy atom. The third-order valence-corrected chi connectivity index (χ3v) is 1.72. The zero-order valence-electron chi connectivity index (χ0n) is 7.04. The molecular formula is C7H14N2O2. The van der Waals surface area contributed by atoms with Crippen LogP contribution in [0.4, 0.5) is 0 Å². The lowest BCUT2D eigenvalue weighted by atomic mass is 10.4. The predicted octanol–water partition coefficient (Wildman–Crippen LogP) is -0.288. The first-order chi connectivity index (χ1) is 5.18. The van der Waals surface area contributed by atoms with E-state index in [0.717, 1.165) is 26.2 Å². The van der Waals surface area contributed by atoms with E-state index in [1.54, 1.807) is 5.06 Å². The number of nitrogens with zero attached hydrogens (tertiary/aromatic N) is 2. The number of hydrogen-bond donors (Lipinski definition) is 0. The van der Waals surface area contributed by atoms with Gasteiger partial charge in [-0.25, -0.2) is 0 Å². The molecule has 1 rings (SSSR count). The third kappa shape index (κ3) is 2.86. The van der Waals surface area contributed by atoms with E-state index in [0.29, 0.717) is 0 Å². The van der Waals surface area contributed by atoms with Crippen LogP contribution in [-0.4, -0.2) is 49.2 Å². The van der Waals surface area contributed by atoms with Crippen molar-refractivity contribution in [3.05, 3.63) is 0 Å². The molecular weight excluding hydrogens is 144 g/mol. The molecule has 0 aliphatic carbocycles. The highest BCUT2D eigenvalue weighted by Gasteiger charge is 2.15. The molecule has 0 atom stereocenters. The summed E-state index contributed by atoms with van der Waals surface area (Å²) in [4.78, 5) is 17.6. The van der Waals surface area contributed by atoms with Crippen LogP contribution in [0.1, 0.15) is 6.92 Å². The first-order valence-corrected chi connectivity index (χ1v) is 3.80. The molecule has 1 heterocycles. The monoisotopic (exact) mass is 158 g/mol. The van der Waals surface area contributed by atoms with Crippen LogP contribution in [0.2, 0.25) is 0 Å². The van der Waals surface area contributed by atoms with Crippen molar-refractivity contribution in [1.82, 2.24) is 9.96 Å². The summed E-state index contributed by atoms with van der Waals surface area (Å²) in [7, 11) is 2.06. The van der Waals surface area contributed by atoms with E-state index in [4.69, 9.17) is 4.84 Å². The van der Waals surface area contributed by atoms with Crippen molar-refractivity contribution in [1.29, 1.82) is 0 Å². The van der Waals surface area contributed by atoms with Crippen molar-refractivity contribution in [3.63, 3.8) is 0 Å². The summed E-state index contributed by atoms with van der Waals surface area (Å²) in [5.74, 6) is -0.227. The minimum Gasteiger partial charge on any atom is -0.368 e. The Balaban J connectivity index is 2.22. The maximum atomic E-state index is 10.5. The van der Waals surface area contributed by atoms with Crippen LogP contribution < -0.4 is 0 Å². The Bertz CT molecular complexity index is 141. The molecule has 0 radical (unpaired) electrons. The van der Waals surface area contributed by atoms with E-state index < -0.39 is 0 Å². The van der Waals surface area contributed by atoms with Crippen LogP contribution in [0.3, 0.4) is 0 Å². The lowest BCUT2D eigenvalue weighted by Crippen LogP contribution is -2.44. The molecule has 1 saturated heterocycles. The highest BCUT2D eigenvalue weighted by atomic mass is 16.7. The van der Waals surface area contributed by atoms with Crippen molar-refractivity contribution in [3.8, 4) is 0 Å². The number of rotatable bonds is 1. The molecule has 0 amide bonds. The van der Waals surface area contributed by atoms with E-state index in [-0.39, 0.29) is 5.97 Å². The highest BCUT2D eigenvalue weighted by Crippen LogP contribution is 1.99. The van der Waals surface area contributed by atoms with Crippen LogP contribution in [0.25, 0.3) is 0 Å². The molecule has 0 saturated carbocycles. The van der Waals surface area contributed by atoms with Crippen LogP contribution in [0.5, 0.6) is 0 Å². The Morgan fingerprint density at radius 2 is 1.82 bits per heavy atom. The lowest BCUT2D eigenvalue weighted by molar-refractivity contribution is -0.194. The van der Waals surface area contributed by atoms with E-state index >= 15 is 0 Å². The number of carbonyl (C=O) groups is 1. The Hall–Kier alpha value is -0.610. The summed E-state index contributed by atoms with van der Waals surface area (Å²) in [6.07, 6.45) is 0. The standard InChI is InChI=1S/C7H14N2O2/c1-7(10)11-9-5-3-8(2)4-6-9/h3-6H2,1-2H3. The van der Waals surface area contributed by atoms with Crippen molar-refractivity contribution in [2.24, 2.45) is 0 Å². The molecule has 1 aliphatic rings. The highest BCUT2D eigenvalue weighted by molar-refractivity contribution is 5.65. The molecule has 0 aromatic carbocycles. The van der Waals surface area contributed by atoms with Gasteiger partial charge in [-0.15, -0.1) is 5.06 Å². The van der Waals surface area contributed by atoms with E-state index in [9.17, 15) is 4.79 Å². The van der Waals surface area contributed by atoms with Crippen LogP contribution in [0, 0.1) is 0 Å². The number of likely N-dealkylation sites (N-methyl/N-ethyl adjacent to an activating group) is 1. The van der Waals surface area contributed by atoms with Gasteiger partial charge in [0.15, 0.2) is 0 Å². The van der Waals surface area contributed by atoms with Crippen molar-refractivity contribution in [2.75, 3.05) is 33.2 Å². The van der Waals surface area contributed by atoms with Gasteiger partial charge < -0.3 is 9.74 Å². The van der Waals surface area contributed by atoms with E-state index in [1.807, 2.05) is 0 Å². The van der Waals surface area contributed by atoms with Gasteiger partial charge in [0, 0.05) is 33.1 Å². The SMILES string of the molecule is CC(=O)ON1CCN(C)CC1. The fourth-order valence-corrected chi connectivity index (χ4v) is 1.06. The van der Waals surface area contributed by atoms with Gasteiger partial charge in [-0.1, -0.05) is 0 Å². The molecule has 64 valence electrons. The zero-order valence-corrected chi connectivity index (χ0v) is 7.04.